The van der Waals surface area contributed by atoms with E-state index < -0.39 is 0 Å². The lowest BCUT2D eigenvalue weighted by atomic mass is 10.1. The Morgan fingerprint density at radius 1 is 0.974 bits per heavy atom. The first-order valence-electron chi connectivity index (χ1n) is 13.0. The maximum atomic E-state index is 12.8. The topological polar surface area (TPSA) is 97.8 Å². The number of thiophene rings is 1. The molecule has 0 saturated carbocycles. The average molecular weight is 544 g/mol. The number of morpholine rings is 1. The highest BCUT2D eigenvalue weighted by Crippen LogP contribution is 2.32. The molecule has 2 aliphatic heterocycles. The molecule has 10 heteroatoms. The zero-order valence-electron chi connectivity index (χ0n) is 21.4. The Balaban J connectivity index is 1.06. The Hall–Kier alpha value is -3.99. The maximum absolute atomic E-state index is 12.8. The molecule has 200 valence electrons. The van der Waals surface area contributed by atoms with Crippen molar-refractivity contribution in [3.05, 3.63) is 82.9 Å². The van der Waals surface area contributed by atoms with Gasteiger partial charge in [-0.1, -0.05) is 18.2 Å². The van der Waals surface area contributed by atoms with Crippen LogP contribution in [0.3, 0.4) is 0 Å². The van der Waals surface area contributed by atoms with E-state index in [4.69, 9.17) is 19.2 Å². The summed E-state index contributed by atoms with van der Waals surface area (Å²) in [5.41, 5.74) is 3.91. The molecule has 2 N–H and O–H groups in total. The number of anilines is 2. The highest BCUT2D eigenvalue weighted by Gasteiger charge is 2.15. The molecule has 0 spiro atoms. The van der Waals surface area contributed by atoms with E-state index in [9.17, 15) is 4.79 Å². The van der Waals surface area contributed by atoms with E-state index in [1.165, 1.54) is 16.9 Å². The molecule has 1 amide bonds. The van der Waals surface area contributed by atoms with Gasteiger partial charge in [-0.25, -0.2) is 9.97 Å². The molecule has 0 aliphatic carbocycles. The van der Waals surface area contributed by atoms with Crippen LogP contribution in [0.25, 0.3) is 10.6 Å². The molecule has 0 radical (unpaired) electrons. The molecule has 2 aliphatic rings. The van der Waals surface area contributed by atoms with Gasteiger partial charge in [-0.2, -0.15) is 0 Å². The molecular weight excluding hydrogens is 514 g/mol. The van der Waals surface area contributed by atoms with Crippen LogP contribution in [0.15, 0.2) is 66.9 Å². The minimum atomic E-state index is -0.134. The smallest absolute Gasteiger partial charge is 0.261 e. The Morgan fingerprint density at radius 3 is 2.79 bits per heavy atom. The third-order valence-electron chi connectivity index (χ3n) is 6.63. The second-order valence-electron chi connectivity index (χ2n) is 9.33. The first-order chi connectivity index (χ1) is 19.2. The molecule has 2 aromatic heterocycles. The summed E-state index contributed by atoms with van der Waals surface area (Å²) in [4.78, 5) is 25.8. The number of fused-ring (bicyclic) bond motifs is 1. The molecule has 2 aromatic carbocycles. The number of nitrogens with one attached hydrogen (secondary N) is 2. The van der Waals surface area contributed by atoms with Gasteiger partial charge in [-0.3, -0.25) is 9.69 Å². The van der Waals surface area contributed by atoms with Crippen molar-refractivity contribution in [2.45, 2.75) is 13.0 Å². The molecule has 0 bridgehead atoms. The van der Waals surface area contributed by atoms with Crippen molar-refractivity contribution in [2.75, 3.05) is 45.0 Å². The molecule has 0 unspecified atom stereocenters. The van der Waals surface area contributed by atoms with E-state index in [0.29, 0.717) is 23.1 Å². The Morgan fingerprint density at radius 2 is 1.87 bits per heavy atom. The Labute approximate surface area is 230 Å². The van der Waals surface area contributed by atoms with Crippen LogP contribution < -0.4 is 20.1 Å². The quantitative estimate of drug-likeness (QED) is 0.319. The zero-order chi connectivity index (χ0) is 26.4. The lowest BCUT2D eigenvalue weighted by molar-refractivity contribution is 0.0384. The summed E-state index contributed by atoms with van der Waals surface area (Å²) < 4.78 is 16.2. The summed E-state index contributed by atoms with van der Waals surface area (Å²) >= 11 is 1.40. The number of hydrogen-bond donors (Lipinski definition) is 2. The number of aromatic nitrogens is 2. The fraction of sp³-hybridized carbons (Fsp3) is 0.276. The van der Waals surface area contributed by atoms with Crippen LogP contribution in [0.5, 0.6) is 11.5 Å². The van der Waals surface area contributed by atoms with E-state index in [2.05, 4.69) is 38.7 Å². The molecule has 4 heterocycles. The summed E-state index contributed by atoms with van der Waals surface area (Å²) in [5.74, 6) is 1.81. The SMILES string of the molecule is O=C(NCc1ccc2c(c1)OCO2)c1ccc(-c2ccnc(Nc3cccc(CCN4CCOCC4)c3)n2)s1. The molecule has 0 atom stereocenters. The van der Waals surface area contributed by atoms with Crippen LogP contribution in [-0.4, -0.2) is 60.4 Å². The third-order valence-corrected chi connectivity index (χ3v) is 7.74. The fourth-order valence-electron chi connectivity index (χ4n) is 4.52. The normalized spacial score (nSPS) is 14.8. The van der Waals surface area contributed by atoms with Crippen molar-refractivity contribution < 1.29 is 19.0 Å². The van der Waals surface area contributed by atoms with Crippen molar-refractivity contribution in [2.24, 2.45) is 0 Å². The molecular formula is C29H29N5O4S. The number of rotatable bonds is 9. The van der Waals surface area contributed by atoms with Gasteiger partial charge < -0.3 is 24.8 Å². The fourth-order valence-corrected chi connectivity index (χ4v) is 5.41. The van der Waals surface area contributed by atoms with Gasteiger partial charge in [0.05, 0.1) is 28.7 Å². The van der Waals surface area contributed by atoms with Crippen molar-refractivity contribution in [3.8, 4) is 22.1 Å². The minimum absolute atomic E-state index is 0.134. The maximum Gasteiger partial charge on any atom is 0.261 e. The molecule has 9 nitrogen and oxygen atoms in total. The number of nitrogens with zero attached hydrogens (tertiary/aromatic N) is 3. The second-order valence-corrected chi connectivity index (χ2v) is 10.4. The number of amides is 1. The highest BCUT2D eigenvalue weighted by molar-refractivity contribution is 7.17. The van der Waals surface area contributed by atoms with Gasteiger partial charge in [0.1, 0.15) is 0 Å². The minimum Gasteiger partial charge on any atom is -0.454 e. The van der Waals surface area contributed by atoms with E-state index in [1.807, 2.05) is 42.5 Å². The van der Waals surface area contributed by atoms with Gasteiger partial charge in [0.2, 0.25) is 12.7 Å². The van der Waals surface area contributed by atoms with Crippen molar-refractivity contribution in [1.29, 1.82) is 0 Å². The first kappa shape index (κ1) is 25.3. The lowest BCUT2D eigenvalue weighted by Crippen LogP contribution is -2.37. The van der Waals surface area contributed by atoms with Crippen LogP contribution >= 0.6 is 11.3 Å². The van der Waals surface area contributed by atoms with E-state index in [0.717, 1.165) is 66.8 Å². The first-order valence-corrected chi connectivity index (χ1v) is 13.8. The molecule has 4 aromatic rings. The lowest BCUT2D eigenvalue weighted by Gasteiger charge is -2.26. The Bertz CT molecular complexity index is 1450. The van der Waals surface area contributed by atoms with Crippen LogP contribution in [0.2, 0.25) is 0 Å². The number of ether oxygens (including phenoxy) is 3. The number of carbonyl (C=O) groups excluding carboxylic acids is 1. The van der Waals surface area contributed by atoms with Gasteiger partial charge in [0.15, 0.2) is 11.5 Å². The monoisotopic (exact) mass is 543 g/mol. The summed E-state index contributed by atoms with van der Waals surface area (Å²) in [5, 5.41) is 6.30. The standard InChI is InChI=1S/C29H29N5O4S/c35-28(31-18-21-4-5-24-25(17-21)38-19-37-24)27-7-6-26(39-27)23-8-10-30-29(33-23)32-22-3-1-2-20(16-22)9-11-34-12-14-36-15-13-34/h1-8,10,16-17H,9,11-15,18-19H2,(H,31,35)(H,30,32,33). The third kappa shape index (κ3) is 6.36. The summed E-state index contributed by atoms with van der Waals surface area (Å²) in [6.45, 7) is 5.25. The zero-order valence-corrected chi connectivity index (χ0v) is 22.2. The molecule has 6 rings (SSSR count). The van der Waals surface area contributed by atoms with Gasteiger partial charge >= 0.3 is 0 Å². The van der Waals surface area contributed by atoms with Crippen LogP contribution in [0, 0.1) is 0 Å². The molecule has 1 saturated heterocycles. The highest BCUT2D eigenvalue weighted by atomic mass is 32.1. The van der Waals surface area contributed by atoms with E-state index in [1.54, 1.807) is 6.20 Å². The average Bonchev–Trinajstić information content (AvgIpc) is 3.66. The summed E-state index contributed by atoms with van der Waals surface area (Å²) in [6, 6.07) is 19.6. The van der Waals surface area contributed by atoms with Crippen molar-refractivity contribution in [1.82, 2.24) is 20.2 Å². The largest absolute Gasteiger partial charge is 0.454 e. The van der Waals surface area contributed by atoms with Crippen molar-refractivity contribution in [3.63, 3.8) is 0 Å². The van der Waals surface area contributed by atoms with E-state index >= 15 is 0 Å². The number of benzene rings is 2. The summed E-state index contributed by atoms with van der Waals surface area (Å²) in [6.07, 6.45) is 2.71. The van der Waals surface area contributed by atoms with Gasteiger partial charge in [-0.05, 0) is 60.0 Å². The van der Waals surface area contributed by atoms with Crippen LogP contribution in [0.4, 0.5) is 11.6 Å². The predicted octanol–water partition coefficient (Wildman–Crippen LogP) is 4.48. The van der Waals surface area contributed by atoms with Gasteiger partial charge in [0.25, 0.3) is 5.91 Å². The van der Waals surface area contributed by atoms with Crippen molar-refractivity contribution >= 4 is 28.9 Å². The molecule has 1 fully saturated rings. The van der Waals surface area contributed by atoms with Crippen LogP contribution in [0.1, 0.15) is 20.8 Å². The van der Waals surface area contributed by atoms with Gasteiger partial charge in [0, 0.05) is 38.1 Å². The Kier molecular flexibility index (Phi) is 7.66. The number of carbonyl (C=O) groups is 1. The second kappa shape index (κ2) is 11.8. The summed E-state index contributed by atoms with van der Waals surface area (Å²) in [7, 11) is 0. The van der Waals surface area contributed by atoms with E-state index in [-0.39, 0.29) is 12.7 Å². The number of hydrogen-bond acceptors (Lipinski definition) is 9. The van der Waals surface area contributed by atoms with Crippen LogP contribution in [-0.2, 0) is 17.7 Å². The molecule has 39 heavy (non-hydrogen) atoms. The van der Waals surface area contributed by atoms with Gasteiger partial charge in [-0.15, -0.1) is 11.3 Å². The predicted molar refractivity (Wildman–Crippen MR) is 150 cm³/mol.